The molecule has 1 fully saturated rings. The van der Waals surface area contributed by atoms with Crippen LogP contribution in [-0.2, 0) is 26.2 Å². The minimum atomic E-state index is -3.83. The van der Waals surface area contributed by atoms with Crippen LogP contribution < -0.4 is 14.4 Å². The third kappa shape index (κ3) is 7.63. The van der Waals surface area contributed by atoms with Gasteiger partial charge in [0.1, 0.15) is 18.3 Å². The largest absolute Gasteiger partial charge is 0.497 e. The Balaban J connectivity index is 1.94. The van der Waals surface area contributed by atoms with E-state index in [1.54, 1.807) is 44.4 Å². The third-order valence-electron chi connectivity index (χ3n) is 7.04. The van der Waals surface area contributed by atoms with Crippen LogP contribution in [0.3, 0.4) is 0 Å². The number of benzene rings is 2. The molecule has 0 aliphatic heterocycles. The van der Waals surface area contributed by atoms with Crippen LogP contribution in [0.4, 0.5) is 5.69 Å². The fourth-order valence-corrected chi connectivity index (χ4v) is 5.92. The van der Waals surface area contributed by atoms with E-state index in [1.807, 2.05) is 19.1 Å². The van der Waals surface area contributed by atoms with Crippen molar-refractivity contribution < 1.29 is 22.7 Å². The lowest BCUT2D eigenvalue weighted by Gasteiger charge is -2.34. The van der Waals surface area contributed by atoms with Crippen LogP contribution in [0.1, 0.15) is 56.6 Å². The van der Waals surface area contributed by atoms with E-state index in [0.717, 1.165) is 48.2 Å². The number of hydrogen-bond acceptors (Lipinski definition) is 5. The number of hydrogen-bond donors (Lipinski definition) is 1. The van der Waals surface area contributed by atoms with Gasteiger partial charge in [0, 0.05) is 17.6 Å². The van der Waals surface area contributed by atoms with Crippen molar-refractivity contribution in [3.05, 3.63) is 58.6 Å². The molecule has 2 amide bonds. The van der Waals surface area contributed by atoms with Crippen LogP contribution in [0.15, 0.2) is 42.5 Å². The number of amides is 2. The van der Waals surface area contributed by atoms with Gasteiger partial charge in [-0.15, -0.1) is 0 Å². The second-order valence-electron chi connectivity index (χ2n) is 9.79. The van der Waals surface area contributed by atoms with E-state index in [9.17, 15) is 18.0 Å². The summed E-state index contributed by atoms with van der Waals surface area (Å²) in [5.41, 5.74) is 1.68. The minimum Gasteiger partial charge on any atom is -0.497 e. The van der Waals surface area contributed by atoms with Crippen molar-refractivity contribution in [3.63, 3.8) is 0 Å². The first kappa shape index (κ1) is 29.8. The van der Waals surface area contributed by atoms with Crippen molar-refractivity contribution in [2.45, 2.75) is 71.0 Å². The van der Waals surface area contributed by atoms with Crippen molar-refractivity contribution in [1.29, 1.82) is 0 Å². The summed E-state index contributed by atoms with van der Waals surface area (Å²) in [6.07, 6.45) is 6.58. The molecule has 38 heavy (non-hydrogen) atoms. The van der Waals surface area contributed by atoms with Crippen molar-refractivity contribution in [3.8, 4) is 5.75 Å². The molecular weight excluding hydrogens is 526 g/mol. The van der Waals surface area contributed by atoms with E-state index in [0.29, 0.717) is 28.4 Å². The lowest BCUT2D eigenvalue weighted by atomic mass is 9.95. The number of carbonyl (C=O) groups excluding carboxylic acids is 2. The normalized spacial score (nSPS) is 15.0. The summed E-state index contributed by atoms with van der Waals surface area (Å²) in [6, 6.07) is 11.5. The van der Waals surface area contributed by atoms with Gasteiger partial charge in [0.2, 0.25) is 21.8 Å². The van der Waals surface area contributed by atoms with Crippen LogP contribution in [-0.4, -0.2) is 57.1 Å². The summed E-state index contributed by atoms with van der Waals surface area (Å²) >= 11 is 6.27. The van der Waals surface area contributed by atoms with Gasteiger partial charge in [-0.1, -0.05) is 56.0 Å². The summed E-state index contributed by atoms with van der Waals surface area (Å²) in [5, 5.41) is 3.54. The van der Waals surface area contributed by atoms with Gasteiger partial charge in [0.25, 0.3) is 0 Å². The van der Waals surface area contributed by atoms with Crippen molar-refractivity contribution in [2.24, 2.45) is 0 Å². The zero-order valence-corrected chi connectivity index (χ0v) is 24.1. The number of methoxy groups -OCH3 is 1. The van der Waals surface area contributed by atoms with E-state index in [2.05, 4.69) is 5.32 Å². The first-order valence-corrected chi connectivity index (χ1v) is 15.2. The summed E-state index contributed by atoms with van der Waals surface area (Å²) in [6.45, 7) is 3.26. The number of ether oxygens (including phenoxy) is 1. The van der Waals surface area contributed by atoms with Crippen LogP contribution in [0.5, 0.6) is 5.75 Å². The Bertz CT molecular complexity index is 1210. The van der Waals surface area contributed by atoms with Gasteiger partial charge in [0.05, 0.1) is 19.1 Å². The highest BCUT2D eigenvalue weighted by Crippen LogP contribution is 2.29. The molecule has 0 bridgehead atoms. The summed E-state index contributed by atoms with van der Waals surface area (Å²) in [7, 11) is -2.26. The zero-order chi connectivity index (χ0) is 27.9. The molecular formula is C28H38ClN3O5S. The van der Waals surface area contributed by atoms with Gasteiger partial charge in [-0.2, -0.15) is 0 Å². The maximum absolute atomic E-state index is 13.9. The molecule has 10 heteroatoms. The number of rotatable bonds is 11. The lowest BCUT2D eigenvalue weighted by Crippen LogP contribution is -2.54. The Labute approximate surface area is 231 Å². The van der Waals surface area contributed by atoms with Crippen molar-refractivity contribution in [2.75, 3.05) is 24.2 Å². The Morgan fingerprint density at radius 3 is 2.34 bits per heavy atom. The molecule has 1 N–H and O–H groups in total. The standard InChI is InChI=1S/C28H38ClN3O5S/c1-5-25(28(34)30-22-10-7-6-8-11-22)31(18-21-14-16-23(37-3)17-15-21)27(33)19-32(38(4,35)36)26-13-9-12-24(29)20(26)2/h9,12-17,22,25H,5-8,10-11,18-19H2,1-4H3,(H,30,34). The predicted octanol–water partition coefficient (Wildman–Crippen LogP) is 4.68. The van der Waals surface area contributed by atoms with Crippen LogP contribution >= 0.6 is 11.6 Å². The maximum Gasteiger partial charge on any atom is 0.244 e. The Hall–Kier alpha value is -2.78. The summed E-state index contributed by atoms with van der Waals surface area (Å²) < 4.78 is 32.0. The minimum absolute atomic E-state index is 0.0878. The number of carbonyl (C=O) groups is 2. The van der Waals surface area contributed by atoms with E-state index in [4.69, 9.17) is 16.3 Å². The number of anilines is 1. The van der Waals surface area contributed by atoms with E-state index >= 15 is 0 Å². The van der Waals surface area contributed by atoms with Gasteiger partial charge >= 0.3 is 0 Å². The topological polar surface area (TPSA) is 96.0 Å². The smallest absolute Gasteiger partial charge is 0.244 e. The number of nitrogens with one attached hydrogen (secondary N) is 1. The molecule has 1 aliphatic rings. The molecule has 0 spiro atoms. The second-order valence-corrected chi connectivity index (χ2v) is 12.1. The molecule has 1 atom stereocenters. The van der Waals surface area contributed by atoms with Crippen molar-refractivity contribution in [1.82, 2.24) is 10.2 Å². The first-order chi connectivity index (χ1) is 18.0. The van der Waals surface area contributed by atoms with E-state index in [1.165, 1.54) is 4.90 Å². The summed E-state index contributed by atoms with van der Waals surface area (Å²) in [4.78, 5) is 28.8. The van der Waals surface area contributed by atoms with Gasteiger partial charge in [-0.3, -0.25) is 13.9 Å². The molecule has 2 aromatic rings. The Kier molecular flexibility index (Phi) is 10.4. The average molecular weight is 564 g/mol. The monoisotopic (exact) mass is 563 g/mol. The predicted molar refractivity (Wildman–Crippen MR) is 151 cm³/mol. The molecule has 1 saturated carbocycles. The Morgan fingerprint density at radius 1 is 1.11 bits per heavy atom. The van der Waals surface area contributed by atoms with Gasteiger partial charge in [0.15, 0.2) is 0 Å². The highest BCUT2D eigenvalue weighted by Gasteiger charge is 2.33. The van der Waals surface area contributed by atoms with Crippen LogP contribution in [0, 0.1) is 6.92 Å². The molecule has 2 aromatic carbocycles. The average Bonchev–Trinajstić information content (AvgIpc) is 2.89. The van der Waals surface area contributed by atoms with Crippen molar-refractivity contribution >= 4 is 39.1 Å². The fraction of sp³-hybridized carbons (Fsp3) is 0.500. The van der Waals surface area contributed by atoms with Gasteiger partial charge < -0.3 is 15.0 Å². The lowest BCUT2D eigenvalue weighted by molar-refractivity contribution is -0.140. The SMILES string of the molecule is CCC(C(=O)NC1CCCCC1)N(Cc1ccc(OC)cc1)C(=O)CN(c1cccc(Cl)c1C)S(C)(=O)=O. The molecule has 1 aliphatic carbocycles. The highest BCUT2D eigenvalue weighted by atomic mass is 35.5. The highest BCUT2D eigenvalue weighted by molar-refractivity contribution is 7.92. The third-order valence-corrected chi connectivity index (χ3v) is 8.57. The van der Waals surface area contributed by atoms with Crippen LogP contribution in [0.25, 0.3) is 0 Å². The molecule has 0 radical (unpaired) electrons. The number of halogens is 1. The molecule has 1 unspecified atom stereocenters. The number of nitrogens with zero attached hydrogens (tertiary/aromatic N) is 2. The second kappa shape index (κ2) is 13.3. The van der Waals surface area contributed by atoms with Gasteiger partial charge in [-0.25, -0.2) is 8.42 Å². The molecule has 0 heterocycles. The zero-order valence-electron chi connectivity index (χ0n) is 22.6. The van der Waals surface area contributed by atoms with E-state index in [-0.39, 0.29) is 18.5 Å². The number of sulfonamides is 1. The molecule has 208 valence electrons. The molecule has 3 rings (SSSR count). The maximum atomic E-state index is 13.9. The van der Waals surface area contributed by atoms with Crippen LogP contribution in [0.2, 0.25) is 5.02 Å². The van der Waals surface area contributed by atoms with E-state index < -0.39 is 28.5 Å². The summed E-state index contributed by atoms with van der Waals surface area (Å²) in [5.74, 6) is -0.0178. The Morgan fingerprint density at radius 2 is 1.76 bits per heavy atom. The molecule has 0 saturated heterocycles. The fourth-order valence-electron chi connectivity index (χ4n) is 4.85. The molecule has 8 nitrogen and oxygen atoms in total. The van der Waals surface area contributed by atoms with Gasteiger partial charge in [-0.05, 0) is 61.6 Å². The molecule has 0 aromatic heterocycles. The quantitative estimate of drug-likeness (QED) is 0.428. The first-order valence-electron chi connectivity index (χ1n) is 13.0.